The van der Waals surface area contributed by atoms with Crippen molar-refractivity contribution in [3.05, 3.63) is 47.6 Å². The second-order valence-electron chi connectivity index (χ2n) is 5.22. The van der Waals surface area contributed by atoms with Gasteiger partial charge >= 0.3 is 0 Å². The van der Waals surface area contributed by atoms with E-state index in [-0.39, 0.29) is 9.90 Å². The zero-order valence-corrected chi connectivity index (χ0v) is 14.6. The summed E-state index contributed by atoms with van der Waals surface area (Å²) in [4.78, 5) is 20.4. The third-order valence-electron chi connectivity index (χ3n) is 3.41. The smallest absolute Gasteiger partial charge is 0.277 e. The summed E-state index contributed by atoms with van der Waals surface area (Å²) < 4.78 is 25.7. The number of nitrogens with zero attached hydrogens (tertiary/aromatic N) is 3. The fraction of sp³-hybridized carbons (Fsp3) is 0.133. The molecule has 3 aromatic rings. The molecule has 3 rings (SSSR count). The number of rotatable bonds is 4. The van der Waals surface area contributed by atoms with Gasteiger partial charge in [0, 0.05) is 18.6 Å². The Labute approximate surface area is 142 Å². The van der Waals surface area contributed by atoms with Crippen molar-refractivity contribution in [2.45, 2.75) is 11.8 Å². The van der Waals surface area contributed by atoms with Gasteiger partial charge in [-0.05, 0) is 24.6 Å². The van der Waals surface area contributed by atoms with Crippen molar-refractivity contribution >= 4 is 27.1 Å². The maximum atomic E-state index is 12.1. The van der Waals surface area contributed by atoms with Crippen LogP contribution in [0.1, 0.15) is 15.5 Å². The number of hydrogen-bond donors (Lipinski definition) is 1. The van der Waals surface area contributed by atoms with Gasteiger partial charge in [0.1, 0.15) is 0 Å². The molecular weight excluding hydrogens is 348 g/mol. The summed E-state index contributed by atoms with van der Waals surface area (Å²) in [6, 6.07) is 4.98. The largest absolute Gasteiger partial charge is 0.364 e. The first-order valence-electron chi connectivity index (χ1n) is 6.87. The normalized spacial score (nSPS) is 11.6. The Morgan fingerprint density at radius 2 is 2.08 bits per heavy atom. The van der Waals surface area contributed by atoms with E-state index in [4.69, 9.17) is 5.73 Å². The summed E-state index contributed by atoms with van der Waals surface area (Å²) in [5.41, 5.74) is 7.19. The topological polar surface area (TPSA) is 108 Å². The van der Waals surface area contributed by atoms with E-state index in [0.717, 1.165) is 16.7 Å². The Balaban J connectivity index is 2.22. The second kappa shape index (κ2) is 5.84. The molecule has 0 aliphatic heterocycles. The van der Waals surface area contributed by atoms with Crippen LogP contribution >= 0.6 is 11.3 Å². The summed E-state index contributed by atoms with van der Waals surface area (Å²) in [5, 5.41) is 0.221. The maximum absolute atomic E-state index is 12.1. The van der Waals surface area contributed by atoms with E-state index in [0.29, 0.717) is 11.4 Å². The fourth-order valence-corrected chi connectivity index (χ4v) is 4.12. The number of aryl methyl sites for hydroxylation is 1. The lowest BCUT2D eigenvalue weighted by Crippen LogP contribution is -2.10. The molecule has 0 aliphatic carbocycles. The maximum Gasteiger partial charge on any atom is 0.277 e. The average Bonchev–Trinajstić information content (AvgIpc) is 3.15. The molecule has 1 aromatic carbocycles. The molecule has 124 valence electrons. The first-order valence-corrected chi connectivity index (χ1v) is 9.58. The summed E-state index contributed by atoms with van der Waals surface area (Å²) in [6.45, 7) is 1.78. The van der Waals surface area contributed by atoms with Crippen molar-refractivity contribution in [2.24, 2.45) is 5.73 Å². The highest BCUT2D eigenvalue weighted by Gasteiger charge is 2.18. The van der Waals surface area contributed by atoms with E-state index in [9.17, 15) is 13.2 Å². The number of aromatic nitrogens is 3. The summed E-state index contributed by atoms with van der Waals surface area (Å²) >= 11 is 1.18. The van der Waals surface area contributed by atoms with Crippen LogP contribution in [0, 0.1) is 6.92 Å². The van der Waals surface area contributed by atoms with Crippen molar-refractivity contribution < 1.29 is 13.2 Å². The molecule has 24 heavy (non-hydrogen) atoms. The molecule has 9 heteroatoms. The number of thiazole rings is 1. The standard InChI is InChI=1S/C15H14N4O3S2/c1-9-13(23-15(18-9)14(16)20)10-3-4-12(24(2,21)22)11(7-10)19-6-5-17-8-19/h3-8H,1-2H3,(H2,16,20). The Kier molecular flexibility index (Phi) is 3.98. The minimum Gasteiger partial charge on any atom is -0.364 e. The predicted molar refractivity (Wildman–Crippen MR) is 91.0 cm³/mol. The number of sulfone groups is 1. The molecule has 0 fully saturated rings. The van der Waals surface area contributed by atoms with Gasteiger partial charge in [-0.25, -0.2) is 18.4 Å². The van der Waals surface area contributed by atoms with Crippen LogP contribution in [0.25, 0.3) is 16.1 Å². The fourth-order valence-electron chi connectivity index (χ4n) is 2.35. The number of benzene rings is 1. The molecule has 2 aromatic heterocycles. The Morgan fingerprint density at radius 3 is 2.62 bits per heavy atom. The third-order valence-corrected chi connectivity index (χ3v) is 5.78. The Morgan fingerprint density at radius 1 is 1.33 bits per heavy atom. The lowest BCUT2D eigenvalue weighted by molar-refractivity contribution is 0.1000. The SMILES string of the molecule is Cc1nc(C(N)=O)sc1-c1ccc(S(C)(=O)=O)c(-n2ccnc2)c1. The van der Waals surface area contributed by atoms with Crippen molar-refractivity contribution in [1.82, 2.24) is 14.5 Å². The number of amides is 1. The molecule has 0 spiro atoms. The Hall–Kier alpha value is -2.52. The lowest BCUT2D eigenvalue weighted by Gasteiger charge is -2.11. The number of hydrogen-bond acceptors (Lipinski definition) is 6. The van der Waals surface area contributed by atoms with E-state index in [1.807, 2.05) is 0 Å². The molecule has 7 nitrogen and oxygen atoms in total. The number of primary amides is 1. The third kappa shape index (κ3) is 2.95. The monoisotopic (exact) mass is 362 g/mol. The highest BCUT2D eigenvalue weighted by atomic mass is 32.2. The number of imidazole rings is 1. The van der Waals surface area contributed by atoms with Crippen molar-refractivity contribution in [1.29, 1.82) is 0 Å². The molecular formula is C15H14N4O3S2. The van der Waals surface area contributed by atoms with Gasteiger partial charge < -0.3 is 10.3 Å². The second-order valence-corrected chi connectivity index (χ2v) is 8.21. The van der Waals surface area contributed by atoms with Crippen LogP contribution < -0.4 is 5.73 Å². The first-order chi connectivity index (χ1) is 11.3. The van der Waals surface area contributed by atoms with Crippen LogP contribution in [0.2, 0.25) is 0 Å². The molecule has 0 bridgehead atoms. The van der Waals surface area contributed by atoms with Crippen LogP contribution in [0.3, 0.4) is 0 Å². The summed E-state index contributed by atoms with van der Waals surface area (Å²) in [7, 11) is -3.41. The van der Waals surface area contributed by atoms with E-state index in [1.54, 1.807) is 42.1 Å². The molecule has 0 aliphatic rings. The molecule has 0 radical (unpaired) electrons. The molecule has 0 unspecified atom stereocenters. The van der Waals surface area contributed by atoms with Gasteiger partial charge in [-0.3, -0.25) is 4.79 Å². The van der Waals surface area contributed by atoms with E-state index < -0.39 is 15.7 Å². The minimum atomic E-state index is -3.41. The highest BCUT2D eigenvalue weighted by molar-refractivity contribution is 7.90. The van der Waals surface area contributed by atoms with Gasteiger partial charge in [0.25, 0.3) is 5.91 Å². The molecule has 0 atom stereocenters. The zero-order valence-electron chi connectivity index (χ0n) is 12.9. The average molecular weight is 362 g/mol. The predicted octanol–water partition coefficient (Wildman–Crippen LogP) is 1.81. The number of carbonyl (C=O) groups is 1. The molecule has 2 heterocycles. The van der Waals surface area contributed by atoms with Crippen molar-refractivity contribution in [2.75, 3.05) is 6.26 Å². The van der Waals surface area contributed by atoms with Gasteiger partial charge in [0.2, 0.25) is 0 Å². The van der Waals surface area contributed by atoms with Gasteiger partial charge in [-0.2, -0.15) is 0 Å². The van der Waals surface area contributed by atoms with E-state index in [1.165, 1.54) is 17.7 Å². The molecule has 1 amide bonds. The van der Waals surface area contributed by atoms with Crippen LogP contribution in [0.15, 0.2) is 41.8 Å². The number of nitrogens with two attached hydrogens (primary N) is 1. The highest BCUT2D eigenvalue weighted by Crippen LogP contribution is 2.33. The van der Waals surface area contributed by atoms with Crippen LogP contribution in [-0.4, -0.2) is 35.1 Å². The van der Waals surface area contributed by atoms with Crippen LogP contribution in [0.5, 0.6) is 0 Å². The van der Waals surface area contributed by atoms with Gasteiger partial charge in [-0.1, -0.05) is 6.07 Å². The summed E-state index contributed by atoms with van der Waals surface area (Å²) in [6.07, 6.45) is 5.93. The van der Waals surface area contributed by atoms with Crippen molar-refractivity contribution in [3.63, 3.8) is 0 Å². The first kappa shape index (κ1) is 16.3. The van der Waals surface area contributed by atoms with Crippen molar-refractivity contribution in [3.8, 4) is 16.1 Å². The Bertz CT molecular complexity index is 1020. The molecule has 2 N–H and O–H groups in total. The molecule has 0 saturated carbocycles. The molecule has 0 saturated heterocycles. The van der Waals surface area contributed by atoms with Crippen LogP contribution in [-0.2, 0) is 9.84 Å². The van der Waals surface area contributed by atoms with Gasteiger partial charge in [-0.15, -0.1) is 11.3 Å². The quantitative estimate of drug-likeness (QED) is 0.761. The zero-order chi connectivity index (χ0) is 17.5. The van der Waals surface area contributed by atoms with Crippen LogP contribution in [0.4, 0.5) is 0 Å². The summed E-state index contributed by atoms with van der Waals surface area (Å²) in [5.74, 6) is -0.586. The van der Waals surface area contributed by atoms with E-state index in [2.05, 4.69) is 9.97 Å². The van der Waals surface area contributed by atoms with E-state index >= 15 is 0 Å². The lowest BCUT2D eigenvalue weighted by atomic mass is 10.1. The minimum absolute atomic E-state index is 0.196. The van der Waals surface area contributed by atoms with Gasteiger partial charge in [0.15, 0.2) is 14.8 Å². The number of carbonyl (C=O) groups excluding carboxylic acids is 1. The van der Waals surface area contributed by atoms with Gasteiger partial charge in [0.05, 0.1) is 27.5 Å².